The number of hydrogen-bond acceptors (Lipinski definition) is 4. The van der Waals surface area contributed by atoms with Gasteiger partial charge in [0.15, 0.2) is 5.82 Å². The number of aromatic nitrogens is 1. The summed E-state index contributed by atoms with van der Waals surface area (Å²) in [4.78, 5) is 4.22. The summed E-state index contributed by atoms with van der Waals surface area (Å²) in [6.45, 7) is 6.10. The second kappa shape index (κ2) is 7.22. The smallest absolute Gasteiger partial charge is 0.150 e. The van der Waals surface area contributed by atoms with E-state index in [0.29, 0.717) is 36.0 Å². The van der Waals surface area contributed by atoms with Crippen molar-refractivity contribution in [3.63, 3.8) is 0 Å². The summed E-state index contributed by atoms with van der Waals surface area (Å²) in [5.41, 5.74) is 7.15. The molecule has 0 radical (unpaired) electrons. The molecule has 2 rings (SSSR count). The van der Waals surface area contributed by atoms with Crippen molar-refractivity contribution in [3.05, 3.63) is 30.2 Å². The Morgan fingerprint density at radius 3 is 2.95 bits per heavy atom. The molecule has 0 amide bonds. The number of ether oxygens (including phenoxy) is 1. The predicted molar refractivity (Wildman–Crippen MR) is 84.9 cm³/mol. The summed E-state index contributed by atoms with van der Waals surface area (Å²) in [5, 5.41) is 3.81. The monoisotopic (exact) mass is 291 g/mol. The van der Waals surface area contributed by atoms with Crippen molar-refractivity contribution in [2.24, 2.45) is 5.92 Å². The van der Waals surface area contributed by atoms with Gasteiger partial charge < -0.3 is 15.8 Å². The van der Waals surface area contributed by atoms with E-state index in [2.05, 4.69) is 24.1 Å². The van der Waals surface area contributed by atoms with E-state index >= 15 is 0 Å². The van der Waals surface area contributed by atoms with Gasteiger partial charge >= 0.3 is 0 Å². The maximum absolute atomic E-state index is 14.0. The predicted octanol–water partition coefficient (Wildman–Crippen LogP) is 3.43. The first kappa shape index (κ1) is 15.5. The van der Waals surface area contributed by atoms with Crippen LogP contribution < -0.4 is 11.1 Å². The molecule has 21 heavy (non-hydrogen) atoms. The Morgan fingerprint density at radius 1 is 1.38 bits per heavy atom. The van der Waals surface area contributed by atoms with Crippen molar-refractivity contribution in [1.29, 1.82) is 0 Å². The van der Waals surface area contributed by atoms with E-state index in [1.807, 2.05) is 6.07 Å². The lowest BCUT2D eigenvalue weighted by molar-refractivity contribution is 0.132. The number of anilines is 2. The number of hydrogen-bond donors (Lipinski definition) is 2. The maximum Gasteiger partial charge on any atom is 0.150 e. The molecule has 3 N–H and O–H groups in total. The summed E-state index contributed by atoms with van der Waals surface area (Å²) in [6.07, 6.45) is 2.66. The van der Waals surface area contributed by atoms with E-state index in [-0.39, 0.29) is 5.82 Å². The van der Waals surface area contributed by atoms with Crippen molar-refractivity contribution in [3.8, 4) is 0 Å². The largest absolute Gasteiger partial charge is 0.398 e. The molecule has 0 saturated carbocycles. The maximum atomic E-state index is 14.0. The molecular formula is C16H22FN3O. The molecule has 0 spiro atoms. The minimum absolute atomic E-state index is 0.382. The summed E-state index contributed by atoms with van der Waals surface area (Å²) >= 11 is 0. The highest BCUT2D eigenvalue weighted by atomic mass is 19.1. The molecule has 1 aromatic heterocycles. The SMILES string of the molecule is CC(C)CCOCCNc1c(F)cc(N)c2cccnc12. The highest BCUT2D eigenvalue weighted by Crippen LogP contribution is 2.29. The van der Waals surface area contributed by atoms with Crippen molar-refractivity contribution < 1.29 is 9.13 Å². The standard InChI is InChI=1S/C16H22FN3O/c1-11(2)5-8-21-9-7-20-16-13(17)10-14(18)12-4-3-6-19-15(12)16/h3-4,6,10-11,20H,5,7-9,18H2,1-2H3. The van der Waals surface area contributed by atoms with Gasteiger partial charge in [-0.05, 0) is 30.5 Å². The van der Waals surface area contributed by atoms with Crippen LogP contribution in [0.15, 0.2) is 24.4 Å². The molecule has 0 atom stereocenters. The van der Waals surface area contributed by atoms with E-state index in [4.69, 9.17) is 10.5 Å². The van der Waals surface area contributed by atoms with Gasteiger partial charge in [-0.3, -0.25) is 4.98 Å². The van der Waals surface area contributed by atoms with E-state index < -0.39 is 0 Å². The van der Waals surface area contributed by atoms with Crippen molar-refractivity contribution in [2.45, 2.75) is 20.3 Å². The lowest BCUT2D eigenvalue weighted by Gasteiger charge is -2.12. The fourth-order valence-electron chi connectivity index (χ4n) is 2.07. The topological polar surface area (TPSA) is 60.2 Å². The summed E-state index contributed by atoms with van der Waals surface area (Å²) in [5.74, 6) is 0.238. The van der Waals surface area contributed by atoms with Gasteiger partial charge in [0.1, 0.15) is 0 Å². The Bertz CT molecular complexity index is 601. The molecule has 2 aromatic rings. The Morgan fingerprint density at radius 2 is 2.19 bits per heavy atom. The molecule has 1 aromatic carbocycles. The Kier molecular flexibility index (Phi) is 5.33. The highest BCUT2D eigenvalue weighted by molar-refractivity contribution is 5.98. The van der Waals surface area contributed by atoms with E-state index in [1.54, 1.807) is 12.3 Å². The van der Waals surface area contributed by atoms with Crippen LogP contribution in [0.4, 0.5) is 15.8 Å². The second-order valence-corrected chi connectivity index (χ2v) is 5.44. The molecule has 0 aliphatic rings. The van der Waals surface area contributed by atoms with Gasteiger partial charge in [-0.2, -0.15) is 0 Å². The zero-order valence-corrected chi connectivity index (χ0v) is 12.5. The number of benzene rings is 1. The quantitative estimate of drug-likeness (QED) is 0.606. The van der Waals surface area contributed by atoms with Crippen LogP contribution in [0.1, 0.15) is 20.3 Å². The molecule has 1 heterocycles. The summed E-state index contributed by atoms with van der Waals surface area (Å²) < 4.78 is 19.6. The highest BCUT2D eigenvalue weighted by Gasteiger charge is 2.11. The van der Waals surface area contributed by atoms with Gasteiger partial charge in [0.2, 0.25) is 0 Å². The number of nitrogens with zero attached hydrogens (tertiary/aromatic N) is 1. The average Bonchev–Trinajstić information content (AvgIpc) is 2.45. The minimum atomic E-state index is -0.388. The molecule has 0 aliphatic carbocycles. The molecule has 0 aliphatic heterocycles. The molecule has 0 saturated heterocycles. The Balaban J connectivity index is 1.99. The van der Waals surface area contributed by atoms with Crippen LogP contribution in [-0.2, 0) is 4.74 Å². The fourth-order valence-corrected chi connectivity index (χ4v) is 2.07. The van der Waals surface area contributed by atoms with Gasteiger partial charge in [-0.25, -0.2) is 4.39 Å². The first-order valence-corrected chi connectivity index (χ1v) is 7.24. The van der Waals surface area contributed by atoms with Crippen LogP contribution in [-0.4, -0.2) is 24.7 Å². The molecule has 0 fully saturated rings. The molecule has 5 heteroatoms. The van der Waals surface area contributed by atoms with Gasteiger partial charge in [0, 0.05) is 30.4 Å². The third-order valence-corrected chi connectivity index (χ3v) is 3.26. The zero-order valence-electron chi connectivity index (χ0n) is 12.5. The molecule has 0 unspecified atom stereocenters. The normalized spacial score (nSPS) is 11.2. The van der Waals surface area contributed by atoms with Gasteiger partial charge in [0.05, 0.1) is 17.8 Å². The fraction of sp³-hybridized carbons (Fsp3) is 0.438. The van der Waals surface area contributed by atoms with E-state index in [1.165, 1.54) is 6.07 Å². The van der Waals surface area contributed by atoms with Crippen LogP contribution in [0, 0.1) is 11.7 Å². The van der Waals surface area contributed by atoms with Crippen molar-refractivity contribution in [2.75, 3.05) is 30.8 Å². The van der Waals surface area contributed by atoms with Crippen LogP contribution in [0.3, 0.4) is 0 Å². The lowest BCUT2D eigenvalue weighted by atomic mass is 10.1. The second-order valence-electron chi connectivity index (χ2n) is 5.44. The van der Waals surface area contributed by atoms with Gasteiger partial charge in [-0.15, -0.1) is 0 Å². The molecule has 4 nitrogen and oxygen atoms in total. The first-order valence-electron chi connectivity index (χ1n) is 7.24. The number of rotatable bonds is 7. The Hall–Kier alpha value is -1.88. The number of pyridine rings is 1. The van der Waals surface area contributed by atoms with Crippen LogP contribution >= 0.6 is 0 Å². The average molecular weight is 291 g/mol. The minimum Gasteiger partial charge on any atom is -0.398 e. The Labute approximate surface area is 124 Å². The van der Waals surface area contributed by atoms with Crippen LogP contribution in [0.2, 0.25) is 0 Å². The zero-order chi connectivity index (χ0) is 15.2. The van der Waals surface area contributed by atoms with Gasteiger partial charge in [-0.1, -0.05) is 13.8 Å². The molecule has 114 valence electrons. The lowest BCUT2D eigenvalue weighted by Crippen LogP contribution is -2.12. The van der Waals surface area contributed by atoms with Gasteiger partial charge in [0.25, 0.3) is 0 Å². The van der Waals surface area contributed by atoms with Crippen LogP contribution in [0.25, 0.3) is 10.9 Å². The van der Waals surface area contributed by atoms with Crippen molar-refractivity contribution >= 4 is 22.3 Å². The molecular weight excluding hydrogens is 269 g/mol. The van der Waals surface area contributed by atoms with E-state index in [0.717, 1.165) is 18.4 Å². The number of nitrogen functional groups attached to an aromatic ring is 1. The third-order valence-electron chi connectivity index (χ3n) is 3.26. The number of halogens is 1. The number of nitrogens with one attached hydrogen (secondary N) is 1. The summed E-state index contributed by atoms with van der Waals surface area (Å²) in [7, 11) is 0. The third kappa shape index (κ3) is 4.04. The number of fused-ring (bicyclic) bond motifs is 1. The number of nitrogens with two attached hydrogens (primary N) is 1. The van der Waals surface area contributed by atoms with E-state index in [9.17, 15) is 4.39 Å². The molecule has 0 bridgehead atoms. The summed E-state index contributed by atoms with van der Waals surface area (Å²) in [6, 6.07) is 4.95. The van der Waals surface area contributed by atoms with Crippen LogP contribution in [0.5, 0.6) is 0 Å². The first-order chi connectivity index (χ1) is 10.1. The van der Waals surface area contributed by atoms with Crippen molar-refractivity contribution in [1.82, 2.24) is 4.98 Å².